The number of carboxylic acids is 2. The molecule has 0 fully saturated rings. The van der Waals surface area contributed by atoms with E-state index >= 15 is 0 Å². The Morgan fingerprint density at radius 2 is 1.06 bits per heavy atom. The lowest BCUT2D eigenvalue weighted by Gasteiger charge is -2.17. The van der Waals surface area contributed by atoms with Crippen LogP contribution in [0.2, 0.25) is 0 Å². The number of carbonyl (C=O) groups is 2. The molecule has 0 aliphatic heterocycles. The number of carboxylic acid groups (broad SMARTS) is 2. The van der Waals surface area contributed by atoms with E-state index in [9.17, 15) is 19.8 Å². The first-order valence-electron chi connectivity index (χ1n) is 6.69. The van der Waals surface area contributed by atoms with Crippen molar-refractivity contribution >= 4 is 11.9 Å². The van der Waals surface area contributed by atoms with Crippen molar-refractivity contribution in [2.75, 3.05) is 0 Å². The SMILES string of the molecule is CCCCC/C(C(=O)[O-])=C(/CCCCC)C(=O)[O-]. The van der Waals surface area contributed by atoms with Gasteiger partial charge in [-0.3, -0.25) is 0 Å². The van der Waals surface area contributed by atoms with E-state index in [4.69, 9.17) is 0 Å². The number of hydrogen-bond acceptors (Lipinski definition) is 4. The monoisotopic (exact) mass is 254 g/mol. The fraction of sp³-hybridized carbons (Fsp3) is 0.714. The maximum absolute atomic E-state index is 11.0. The molecule has 0 aliphatic rings. The number of hydrogen-bond donors (Lipinski definition) is 0. The van der Waals surface area contributed by atoms with Gasteiger partial charge in [0.1, 0.15) is 0 Å². The van der Waals surface area contributed by atoms with Crippen LogP contribution in [-0.2, 0) is 9.59 Å². The zero-order valence-corrected chi connectivity index (χ0v) is 11.3. The lowest BCUT2D eigenvalue weighted by Crippen LogP contribution is -2.32. The summed E-state index contributed by atoms with van der Waals surface area (Å²) in [6.45, 7) is 4.01. The number of carbonyl (C=O) groups excluding carboxylic acids is 2. The Bertz CT molecular complexity index is 275. The van der Waals surface area contributed by atoms with Crippen molar-refractivity contribution in [1.29, 1.82) is 0 Å². The molecular weight excluding hydrogens is 232 g/mol. The smallest absolute Gasteiger partial charge is 0.0678 e. The Kier molecular flexibility index (Phi) is 8.97. The van der Waals surface area contributed by atoms with Crippen molar-refractivity contribution in [1.82, 2.24) is 0 Å². The minimum Gasteiger partial charge on any atom is -0.545 e. The lowest BCUT2D eigenvalue weighted by atomic mass is 9.97. The molecule has 4 nitrogen and oxygen atoms in total. The first kappa shape index (κ1) is 16.7. The van der Waals surface area contributed by atoms with Gasteiger partial charge in [0.05, 0.1) is 11.9 Å². The molecule has 0 radical (unpaired) electrons. The molecule has 0 N–H and O–H groups in total. The Hall–Kier alpha value is -1.32. The number of unbranched alkanes of at least 4 members (excludes halogenated alkanes) is 4. The summed E-state index contributed by atoms with van der Waals surface area (Å²) in [5.41, 5.74) is -0.167. The quantitative estimate of drug-likeness (QED) is 0.429. The maximum atomic E-state index is 11.0. The summed E-state index contributed by atoms with van der Waals surface area (Å²) < 4.78 is 0. The number of rotatable bonds is 10. The van der Waals surface area contributed by atoms with Crippen molar-refractivity contribution in [3.8, 4) is 0 Å². The van der Waals surface area contributed by atoms with Crippen LogP contribution in [0.25, 0.3) is 0 Å². The van der Waals surface area contributed by atoms with E-state index in [0.29, 0.717) is 12.8 Å². The molecule has 0 spiro atoms. The number of aliphatic carboxylic acids is 2. The van der Waals surface area contributed by atoms with Gasteiger partial charge in [0.15, 0.2) is 0 Å². The van der Waals surface area contributed by atoms with Crippen molar-refractivity contribution in [2.24, 2.45) is 0 Å². The van der Waals surface area contributed by atoms with Gasteiger partial charge >= 0.3 is 0 Å². The summed E-state index contributed by atoms with van der Waals surface area (Å²) in [5, 5.41) is 22.0. The van der Waals surface area contributed by atoms with Gasteiger partial charge in [0.2, 0.25) is 0 Å². The van der Waals surface area contributed by atoms with Gasteiger partial charge in [-0.1, -0.05) is 39.5 Å². The minimum absolute atomic E-state index is 0.0837. The molecule has 0 aromatic rings. The zero-order chi connectivity index (χ0) is 14.0. The normalized spacial score (nSPS) is 12.1. The molecule has 18 heavy (non-hydrogen) atoms. The van der Waals surface area contributed by atoms with Crippen LogP contribution in [0.15, 0.2) is 11.1 Å². The third-order valence-corrected chi connectivity index (χ3v) is 2.92. The largest absolute Gasteiger partial charge is 0.545 e. The third-order valence-electron chi connectivity index (χ3n) is 2.92. The molecular formula is C14H22O4-2. The molecule has 0 saturated heterocycles. The lowest BCUT2D eigenvalue weighted by molar-refractivity contribution is -0.304. The summed E-state index contributed by atoms with van der Waals surface area (Å²) in [6, 6.07) is 0. The van der Waals surface area contributed by atoms with E-state index in [0.717, 1.165) is 25.7 Å². The van der Waals surface area contributed by atoms with Crippen molar-refractivity contribution in [3.63, 3.8) is 0 Å². The van der Waals surface area contributed by atoms with Gasteiger partial charge < -0.3 is 19.8 Å². The molecule has 104 valence electrons. The highest BCUT2D eigenvalue weighted by molar-refractivity contribution is 5.97. The molecule has 0 saturated carbocycles. The molecule has 0 aliphatic carbocycles. The van der Waals surface area contributed by atoms with E-state index < -0.39 is 11.9 Å². The van der Waals surface area contributed by atoms with Gasteiger partial charge in [-0.2, -0.15) is 0 Å². The minimum atomic E-state index is -1.37. The average molecular weight is 254 g/mol. The highest BCUT2D eigenvalue weighted by atomic mass is 16.4. The van der Waals surface area contributed by atoms with Crippen molar-refractivity contribution in [3.05, 3.63) is 11.1 Å². The second-order valence-corrected chi connectivity index (χ2v) is 4.45. The highest BCUT2D eigenvalue weighted by Crippen LogP contribution is 2.18. The van der Waals surface area contributed by atoms with Crippen LogP contribution < -0.4 is 10.2 Å². The van der Waals surface area contributed by atoms with Crippen LogP contribution >= 0.6 is 0 Å². The van der Waals surface area contributed by atoms with E-state index in [-0.39, 0.29) is 24.0 Å². The molecule has 0 aromatic carbocycles. The molecule has 0 unspecified atom stereocenters. The Morgan fingerprint density at radius 1 is 0.722 bits per heavy atom. The zero-order valence-electron chi connectivity index (χ0n) is 11.3. The second-order valence-electron chi connectivity index (χ2n) is 4.45. The molecule has 0 rings (SSSR count). The van der Waals surface area contributed by atoms with Crippen LogP contribution in [0.3, 0.4) is 0 Å². The Morgan fingerprint density at radius 3 is 1.28 bits per heavy atom. The molecule has 0 heterocycles. The van der Waals surface area contributed by atoms with Crippen LogP contribution in [0, 0.1) is 0 Å². The Balaban J connectivity index is 4.80. The fourth-order valence-corrected chi connectivity index (χ4v) is 1.86. The molecule has 0 bridgehead atoms. The third kappa shape index (κ3) is 6.42. The highest BCUT2D eigenvalue weighted by Gasteiger charge is 2.09. The van der Waals surface area contributed by atoms with Crippen LogP contribution in [-0.4, -0.2) is 11.9 Å². The standard InChI is InChI=1S/C14H24O4/c1-3-5-7-9-11(13(15)16)12(14(17)18)10-8-6-4-2/h3-10H2,1-2H3,(H,15,16)(H,17,18)/p-2/b12-11+. The molecule has 0 aromatic heterocycles. The first-order chi connectivity index (χ1) is 8.54. The molecule has 0 atom stereocenters. The second kappa shape index (κ2) is 9.68. The summed E-state index contributed by atoms with van der Waals surface area (Å²) in [5.74, 6) is -2.75. The summed E-state index contributed by atoms with van der Waals surface area (Å²) in [6.07, 6.45) is 5.53. The summed E-state index contributed by atoms with van der Waals surface area (Å²) in [4.78, 5) is 22.0. The van der Waals surface area contributed by atoms with Crippen LogP contribution in [0.5, 0.6) is 0 Å². The van der Waals surface area contributed by atoms with E-state index in [2.05, 4.69) is 0 Å². The predicted octanol–water partition coefficient (Wildman–Crippen LogP) is 0.943. The Labute approximate surface area is 109 Å². The van der Waals surface area contributed by atoms with E-state index in [1.165, 1.54) is 0 Å². The van der Waals surface area contributed by atoms with Gasteiger partial charge in [-0.25, -0.2) is 0 Å². The topological polar surface area (TPSA) is 80.3 Å². The summed E-state index contributed by atoms with van der Waals surface area (Å²) in [7, 11) is 0. The van der Waals surface area contributed by atoms with E-state index in [1.807, 2.05) is 13.8 Å². The van der Waals surface area contributed by atoms with Crippen LogP contribution in [0.4, 0.5) is 0 Å². The van der Waals surface area contributed by atoms with Gasteiger partial charge in [-0.05, 0) is 36.8 Å². The maximum Gasteiger partial charge on any atom is 0.0678 e. The van der Waals surface area contributed by atoms with Gasteiger partial charge in [0.25, 0.3) is 0 Å². The van der Waals surface area contributed by atoms with Gasteiger partial charge in [-0.15, -0.1) is 0 Å². The van der Waals surface area contributed by atoms with Crippen molar-refractivity contribution < 1.29 is 19.8 Å². The van der Waals surface area contributed by atoms with Crippen molar-refractivity contribution in [2.45, 2.75) is 65.2 Å². The molecule has 4 heteroatoms. The fourth-order valence-electron chi connectivity index (χ4n) is 1.86. The molecule has 0 amide bonds. The average Bonchev–Trinajstić information content (AvgIpc) is 2.31. The first-order valence-corrected chi connectivity index (χ1v) is 6.69. The van der Waals surface area contributed by atoms with Crippen LogP contribution in [0.1, 0.15) is 65.2 Å². The predicted molar refractivity (Wildman–Crippen MR) is 65.3 cm³/mol. The van der Waals surface area contributed by atoms with Gasteiger partial charge in [0, 0.05) is 0 Å². The summed E-state index contributed by atoms with van der Waals surface area (Å²) >= 11 is 0. The van der Waals surface area contributed by atoms with E-state index in [1.54, 1.807) is 0 Å².